The highest BCUT2D eigenvalue weighted by atomic mass is 35.5. The first-order chi connectivity index (χ1) is 17.8. The first-order valence-electron chi connectivity index (χ1n) is 11.5. The first kappa shape index (κ1) is 26.2. The van der Waals surface area contributed by atoms with Gasteiger partial charge in [-0.1, -0.05) is 59.6 Å². The fourth-order valence-electron chi connectivity index (χ4n) is 3.99. The number of benzene rings is 4. The van der Waals surface area contributed by atoms with Crippen LogP contribution in [0.1, 0.15) is 33.8 Å². The minimum absolute atomic E-state index is 0.0604. The monoisotopic (exact) mass is 533 g/mol. The molecule has 4 aromatic carbocycles. The number of carbonyl (C=O) groups is 2. The molecule has 0 aliphatic rings. The Labute approximate surface area is 224 Å². The van der Waals surface area contributed by atoms with Crippen LogP contribution < -0.4 is 22.5 Å². The van der Waals surface area contributed by atoms with E-state index in [1.807, 2.05) is 30.3 Å². The van der Waals surface area contributed by atoms with Gasteiger partial charge in [-0.2, -0.15) is 4.99 Å². The normalized spacial score (nSPS) is 12.4. The number of nitrogens with zero attached hydrogens (tertiary/aromatic N) is 1. The Balaban J connectivity index is 1.57. The van der Waals surface area contributed by atoms with Crippen molar-refractivity contribution in [2.24, 2.45) is 16.5 Å². The maximum atomic E-state index is 13.1. The lowest BCUT2D eigenvalue weighted by Gasteiger charge is -2.18. The van der Waals surface area contributed by atoms with Crippen molar-refractivity contribution >= 4 is 63.0 Å². The number of nitrogens with two attached hydrogens (primary N) is 3. The predicted molar refractivity (Wildman–Crippen MR) is 151 cm³/mol. The molecule has 1 unspecified atom stereocenters. The number of nitrogen functional groups attached to an aromatic ring is 1. The van der Waals surface area contributed by atoms with E-state index in [0.29, 0.717) is 51.1 Å². The number of aliphatic imine (C=N–C) groups is 1. The van der Waals surface area contributed by atoms with Gasteiger partial charge in [-0.05, 0) is 71.8 Å². The van der Waals surface area contributed by atoms with Crippen molar-refractivity contribution in [2.45, 2.75) is 12.3 Å². The molecule has 188 valence electrons. The van der Waals surface area contributed by atoms with E-state index in [1.54, 1.807) is 48.5 Å². The summed E-state index contributed by atoms with van der Waals surface area (Å²) in [4.78, 5) is 30.0. The summed E-state index contributed by atoms with van der Waals surface area (Å²) >= 11 is 12.2. The summed E-state index contributed by atoms with van der Waals surface area (Å²) in [5.74, 6) is -1.40. The molecule has 0 saturated heterocycles. The Bertz CT molecular complexity index is 1520. The number of amides is 2. The number of nitrogens with one attached hydrogen (secondary N) is 1. The summed E-state index contributed by atoms with van der Waals surface area (Å²) in [6, 6.07) is 22.9. The SMILES string of the molecule is NCCC(C(=O)Nc1ccc(N)c(C(N)=NC(=O)c2ccc3ccccc3c2)c1)c1ccc(Cl)c(Cl)c1. The third-order valence-corrected chi connectivity index (χ3v) is 6.67. The zero-order chi connectivity index (χ0) is 26.5. The van der Waals surface area contributed by atoms with Crippen LogP contribution in [0.15, 0.2) is 83.9 Å². The number of halogens is 2. The van der Waals surface area contributed by atoms with Crippen LogP contribution in [0.3, 0.4) is 0 Å². The van der Waals surface area contributed by atoms with Crippen molar-refractivity contribution in [3.63, 3.8) is 0 Å². The molecule has 0 aliphatic heterocycles. The summed E-state index contributed by atoms with van der Waals surface area (Å²) in [6.45, 7) is 0.293. The molecule has 7 nitrogen and oxygen atoms in total. The zero-order valence-electron chi connectivity index (χ0n) is 19.7. The summed E-state index contributed by atoms with van der Waals surface area (Å²) in [7, 11) is 0. The molecule has 37 heavy (non-hydrogen) atoms. The smallest absolute Gasteiger partial charge is 0.278 e. The predicted octanol–water partition coefficient (Wildman–Crippen LogP) is 5.35. The Morgan fingerprint density at radius 1 is 0.892 bits per heavy atom. The average molecular weight is 534 g/mol. The molecule has 0 aromatic heterocycles. The van der Waals surface area contributed by atoms with Crippen molar-refractivity contribution in [3.8, 4) is 0 Å². The molecule has 0 saturated carbocycles. The number of carbonyl (C=O) groups excluding carboxylic acids is 2. The number of rotatable bonds is 7. The number of hydrogen-bond donors (Lipinski definition) is 4. The minimum Gasteiger partial charge on any atom is -0.398 e. The highest BCUT2D eigenvalue weighted by Gasteiger charge is 2.21. The molecule has 0 spiro atoms. The van der Waals surface area contributed by atoms with Gasteiger partial charge >= 0.3 is 0 Å². The lowest BCUT2D eigenvalue weighted by Crippen LogP contribution is -2.24. The summed E-state index contributed by atoms with van der Waals surface area (Å²) < 4.78 is 0. The highest BCUT2D eigenvalue weighted by Crippen LogP contribution is 2.29. The van der Waals surface area contributed by atoms with Crippen LogP contribution >= 0.6 is 23.2 Å². The van der Waals surface area contributed by atoms with E-state index in [9.17, 15) is 9.59 Å². The van der Waals surface area contributed by atoms with Crippen molar-refractivity contribution in [1.29, 1.82) is 0 Å². The number of anilines is 2. The Hall–Kier alpha value is -3.91. The molecule has 0 fully saturated rings. The van der Waals surface area contributed by atoms with Gasteiger partial charge in [0.1, 0.15) is 5.84 Å². The van der Waals surface area contributed by atoms with Gasteiger partial charge < -0.3 is 22.5 Å². The van der Waals surface area contributed by atoms with Crippen molar-refractivity contribution in [1.82, 2.24) is 0 Å². The van der Waals surface area contributed by atoms with E-state index in [-0.39, 0.29) is 11.7 Å². The van der Waals surface area contributed by atoms with Crippen LogP contribution in [-0.4, -0.2) is 24.2 Å². The second-order valence-corrected chi connectivity index (χ2v) is 9.27. The zero-order valence-corrected chi connectivity index (χ0v) is 21.3. The molecule has 0 heterocycles. The van der Waals surface area contributed by atoms with Gasteiger partial charge in [-0.3, -0.25) is 9.59 Å². The largest absolute Gasteiger partial charge is 0.398 e. The molecule has 7 N–H and O–H groups in total. The fraction of sp³-hybridized carbons (Fsp3) is 0.107. The first-order valence-corrected chi connectivity index (χ1v) is 12.3. The average Bonchev–Trinajstić information content (AvgIpc) is 2.89. The van der Waals surface area contributed by atoms with Gasteiger partial charge in [0.2, 0.25) is 5.91 Å². The van der Waals surface area contributed by atoms with Crippen LogP contribution in [0.5, 0.6) is 0 Å². The third-order valence-electron chi connectivity index (χ3n) is 5.93. The standard InChI is InChI=1S/C28H25Cl2N5O2/c29-23-9-7-18(14-24(23)30)21(11-12-31)28(37)34-20-8-10-25(32)22(15-20)26(33)35-27(36)19-6-5-16-3-1-2-4-17(16)13-19/h1-10,13-15,21H,11-12,31-32H2,(H,34,37)(H2,33,35,36). The van der Waals surface area contributed by atoms with E-state index in [4.69, 9.17) is 40.4 Å². The molecule has 4 rings (SSSR count). The van der Waals surface area contributed by atoms with Crippen molar-refractivity contribution < 1.29 is 9.59 Å². The highest BCUT2D eigenvalue weighted by molar-refractivity contribution is 6.42. The minimum atomic E-state index is -0.554. The Kier molecular flexibility index (Phi) is 8.08. The van der Waals surface area contributed by atoms with Gasteiger partial charge in [0.05, 0.1) is 16.0 Å². The number of amidine groups is 1. The van der Waals surface area contributed by atoms with Crippen molar-refractivity contribution in [2.75, 3.05) is 17.6 Å². The van der Waals surface area contributed by atoms with Crippen LogP contribution in [0.25, 0.3) is 10.8 Å². The van der Waals surface area contributed by atoms with E-state index in [2.05, 4.69) is 10.3 Å². The van der Waals surface area contributed by atoms with Gasteiger partial charge in [0.25, 0.3) is 5.91 Å². The topological polar surface area (TPSA) is 137 Å². The van der Waals surface area contributed by atoms with Crippen molar-refractivity contribution in [3.05, 3.63) is 106 Å². The molecule has 9 heteroatoms. The lowest BCUT2D eigenvalue weighted by atomic mass is 9.94. The van der Waals surface area contributed by atoms with E-state index < -0.39 is 11.8 Å². The summed E-state index contributed by atoms with van der Waals surface area (Å²) in [5.41, 5.74) is 20.2. The molecule has 0 aliphatic carbocycles. The van der Waals surface area contributed by atoms with E-state index in [0.717, 1.165) is 10.8 Å². The quantitative estimate of drug-likeness (QED) is 0.144. The van der Waals surface area contributed by atoms with Crippen LogP contribution in [0.4, 0.5) is 11.4 Å². The van der Waals surface area contributed by atoms with Crippen LogP contribution in [0.2, 0.25) is 10.0 Å². The maximum absolute atomic E-state index is 13.1. The van der Waals surface area contributed by atoms with Gasteiger partial charge in [0.15, 0.2) is 0 Å². The fourth-order valence-corrected chi connectivity index (χ4v) is 4.29. The molecular formula is C28H25Cl2N5O2. The van der Waals surface area contributed by atoms with Crippen LogP contribution in [0, 0.1) is 0 Å². The summed E-state index contributed by atoms with van der Waals surface area (Å²) in [6.07, 6.45) is 0.398. The molecule has 4 aromatic rings. The van der Waals surface area contributed by atoms with E-state index in [1.165, 1.54) is 0 Å². The Morgan fingerprint density at radius 3 is 2.38 bits per heavy atom. The van der Waals surface area contributed by atoms with Gasteiger partial charge in [0, 0.05) is 22.5 Å². The molecule has 0 radical (unpaired) electrons. The maximum Gasteiger partial charge on any atom is 0.278 e. The molecule has 0 bridgehead atoms. The van der Waals surface area contributed by atoms with Gasteiger partial charge in [-0.25, -0.2) is 0 Å². The Morgan fingerprint density at radius 2 is 1.65 bits per heavy atom. The lowest BCUT2D eigenvalue weighted by molar-refractivity contribution is -0.117. The second-order valence-electron chi connectivity index (χ2n) is 8.46. The molecular weight excluding hydrogens is 509 g/mol. The van der Waals surface area contributed by atoms with Gasteiger partial charge in [-0.15, -0.1) is 0 Å². The molecule has 1 atom stereocenters. The number of hydrogen-bond acceptors (Lipinski definition) is 4. The molecule has 2 amide bonds. The second kappa shape index (κ2) is 11.4. The number of fused-ring (bicyclic) bond motifs is 1. The summed E-state index contributed by atoms with van der Waals surface area (Å²) in [5, 5.41) is 5.54. The van der Waals surface area contributed by atoms with Crippen LogP contribution in [-0.2, 0) is 4.79 Å². The third kappa shape index (κ3) is 6.09. The van der Waals surface area contributed by atoms with E-state index >= 15 is 0 Å².